The summed E-state index contributed by atoms with van der Waals surface area (Å²) in [5, 5.41) is 12.0. The van der Waals surface area contributed by atoms with E-state index in [9.17, 15) is 4.39 Å². The number of nitrogens with zero attached hydrogens (tertiary/aromatic N) is 3. The van der Waals surface area contributed by atoms with Crippen LogP contribution in [0.2, 0.25) is 0 Å². The second-order valence-corrected chi connectivity index (χ2v) is 8.14. The van der Waals surface area contributed by atoms with Gasteiger partial charge in [0.25, 0.3) is 0 Å². The molecule has 2 aromatic carbocycles. The summed E-state index contributed by atoms with van der Waals surface area (Å²) in [6, 6.07) is 12.4. The first-order valence-corrected chi connectivity index (χ1v) is 11.5. The van der Waals surface area contributed by atoms with Gasteiger partial charge in [-0.25, -0.2) is 4.39 Å². The molecule has 0 radical (unpaired) electrons. The molecule has 1 saturated heterocycles. The van der Waals surface area contributed by atoms with Gasteiger partial charge in [-0.05, 0) is 30.3 Å². The number of morpholine rings is 1. The second-order valence-electron chi connectivity index (χ2n) is 8.14. The zero-order valence-electron chi connectivity index (χ0n) is 19.5. The molecule has 0 unspecified atom stereocenters. The van der Waals surface area contributed by atoms with E-state index in [4.69, 9.17) is 23.5 Å². The molecular weight excluding hydrogens is 455 g/mol. The van der Waals surface area contributed by atoms with Crippen molar-refractivity contribution in [2.24, 2.45) is 0 Å². The van der Waals surface area contributed by atoms with E-state index in [1.807, 2.05) is 24.3 Å². The Balaban J connectivity index is 1.25. The third kappa shape index (κ3) is 5.45. The molecule has 5 rings (SSSR count). The lowest BCUT2D eigenvalue weighted by Crippen LogP contribution is -2.38. The van der Waals surface area contributed by atoms with Gasteiger partial charge in [0.15, 0.2) is 17.3 Å². The van der Waals surface area contributed by atoms with E-state index in [-0.39, 0.29) is 12.4 Å². The monoisotopic (exact) mass is 482 g/mol. The van der Waals surface area contributed by atoms with Crippen LogP contribution >= 0.6 is 0 Å². The zero-order chi connectivity index (χ0) is 24.0. The number of methoxy groups -OCH3 is 1. The van der Waals surface area contributed by atoms with E-state index in [1.54, 1.807) is 19.2 Å². The van der Waals surface area contributed by atoms with Crippen molar-refractivity contribution in [3.63, 3.8) is 0 Å². The number of aromatic nitrogens is 3. The van der Waals surface area contributed by atoms with Crippen molar-refractivity contribution >= 4 is 10.9 Å². The Morgan fingerprint density at radius 2 is 1.86 bits per heavy atom. The van der Waals surface area contributed by atoms with E-state index in [1.165, 1.54) is 6.07 Å². The number of hydrogen-bond acceptors (Lipinski definition) is 8. The van der Waals surface area contributed by atoms with Crippen LogP contribution in [-0.4, -0.2) is 80.0 Å². The number of rotatable bonds is 10. The Morgan fingerprint density at radius 3 is 2.66 bits per heavy atom. The van der Waals surface area contributed by atoms with Crippen molar-refractivity contribution in [3.8, 4) is 34.2 Å². The predicted octanol–water partition coefficient (Wildman–Crippen LogP) is 3.76. The molecule has 0 spiro atoms. The van der Waals surface area contributed by atoms with Gasteiger partial charge in [-0.2, -0.15) is 5.10 Å². The number of ether oxygens (including phenoxy) is 4. The molecule has 0 bridgehead atoms. The standard InChI is InChI=1S/C25H27FN4O5/c1-31-12-13-34-23-16-22-19(14-20(23)26)25(28-27-22)24-15-21(29-35-24)17-2-4-18(5-3-17)33-11-8-30-6-9-32-10-7-30/h2-5,14-16H,6-13H2,1H3,(H,27,28). The topological polar surface area (TPSA) is 94.9 Å². The normalized spacial score (nSPS) is 14.5. The maximum Gasteiger partial charge on any atom is 0.188 e. The summed E-state index contributed by atoms with van der Waals surface area (Å²) in [5.41, 5.74) is 2.63. The molecule has 1 aliphatic heterocycles. The van der Waals surface area contributed by atoms with Crippen molar-refractivity contribution < 1.29 is 27.9 Å². The summed E-state index contributed by atoms with van der Waals surface area (Å²) in [6.07, 6.45) is 0. The molecule has 1 N–H and O–H groups in total. The molecule has 10 heteroatoms. The Bertz CT molecular complexity index is 1250. The number of benzene rings is 2. The summed E-state index contributed by atoms with van der Waals surface area (Å²) in [6.45, 7) is 5.56. The Labute approximate surface area is 201 Å². The minimum atomic E-state index is -0.486. The van der Waals surface area contributed by atoms with E-state index >= 15 is 0 Å². The summed E-state index contributed by atoms with van der Waals surface area (Å²) < 4.78 is 41.7. The molecule has 35 heavy (non-hydrogen) atoms. The maximum atomic E-state index is 14.5. The third-order valence-electron chi connectivity index (χ3n) is 5.83. The van der Waals surface area contributed by atoms with E-state index in [2.05, 4.69) is 20.3 Å². The Kier molecular flexibility index (Phi) is 7.22. The van der Waals surface area contributed by atoms with E-state index in [0.29, 0.717) is 41.3 Å². The van der Waals surface area contributed by atoms with Gasteiger partial charge >= 0.3 is 0 Å². The SMILES string of the molecule is COCCOc1cc2[nH]nc(-c3cc(-c4ccc(OCCN5CCOCC5)cc4)no3)c2cc1F. The lowest BCUT2D eigenvalue weighted by atomic mass is 10.1. The van der Waals surface area contributed by atoms with Gasteiger partial charge < -0.3 is 23.5 Å². The first-order valence-electron chi connectivity index (χ1n) is 11.5. The largest absolute Gasteiger partial charge is 0.492 e. The van der Waals surface area contributed by atoms with Gasteiger partial charge in [0.05, 0.1) is 25.3 Å². The first kappa shape index (κ1) is 23.3. The average molecular weight is 483 g/mol. The number of H-pyrrole nitrogens is 1. The molecule has 1 fully saturated rings. The van der Waals surface area contributed by atoms with Gasteiger partial charge in [-0.3, -0.25) is 10.00 Å². The van der Waals surface area contributed by atoms with E-state index in [0.717, 1.165) is 44.2 Å². The maximum absolute atomic E-state index is 14.5. The van der Waals surface area contributed by atoms with Crippen molar-refractivity contribution in [1.29, 1.82) is 0 Å². The summed E-state index contributed by atoms with van der Waals surface area (Å²) >= 11 is 0. The highest BCUT2D eigenvalue weighted by atomic mass is 19.1. The molecule has 1 aliphatic rings. The molecule has 2 aromatic heterocycles. The second kappa shape index (κ2) is 10.9. The van der Waals surface area contributed by atoms with Gasteiger partial charge in [0.2, 0.25) is 0 Å². The summed E-state index contributed by atoms with van der Waals surface area (Å²) in [4.78, 5) is 2.33. The molecule has 0 amide bonds. The number of aromatic amines is 1. The molecule has 0 atom stereocenters. The van der Waals surface area contributed by atoms with Crippen molar-refractivity contribution in [2.45, 2.75) is 0 Å². The first-order chi connectivity index (χ1) is 17.2. The van der Waals surface area contributed by atoms with Gasteiger partial charge in [0.1, 0.15) is 30.4 Å². The third-order valence-corrected chi connectivity index (χ3v) is 5.83. The van der Waals surface area contributed by atoms with Crippen molar-refractivity contribution in [2.75, 3.05) is 59.8 Å². The van der Waals surface area contributed by atoms with Crippen LogP contribution in [0.25, 0.3) is 33.6 Å². The molecule has 0 saturated carbocycles. The van der Waals surface area contributed by atoms with Crippen molar-refractivity contribution in [3.05, 3.63) is 48.3 Å². The van der Waals surface area contributed by atoms with Crippen LogP contribution in [0.1, 0.15) is 0 Å². The number of halogens is 1. The summed E-state index contributed by atoms with van der Waals surface area (Å²) in [7, 11) is 1.56. The Morgan fingerprint density at radius 1 is 1.03 bits per heavy atom. The Hall–Kier alpha value is -3.47. The van der Waals surface area contributed by atoms with Crippen LogP contribution in [0.4, 0.5) is 4.39 Å². The zero-order valence-corrected chi connectivity index (χ0v) is 19.5. The van der Waals surface area contributed by atoms with Crippen molar-refractivity contribution in [1.82, 2.24) is 20.3 Å². The number of nitrogens with one attached hydrogen (secondary N) is 1. The van der Waals surface area contributed by atoms with Crippen LogP contribution < -0.4 is 9.47 Å². The van der Waals surface area contributed by atoms with Crippen LogP contribution in [0.15, 0.2) is 47.0 Å². The number of hydrogen-bond donors (Lipinski definition) is 1. The minimum Gasteiger partial charge on any atom is -0.492 e. The van der Waals surface area contributed by atoms with Crippen LogP contribution in [0, 0.1) is 5.82 Å². The fourth-order valence-corrected chi connectivity index (χ4v) is 3.91. The average Bonchev–Trinajstić information content (AvgIpc) is 3.52. The lowest BCUT2D eigenvalue weighted by molar-refractivity contribution is 0.0322. The summed E-state index contributed by atoms with van der Waals surface area (Å²) in [5.74, 6) is 0.878. The van der Waals surface area contributed by atoms with Gasteiger partial charge in [0, 0.05) is 49.8 Å². The molecule has 0 aliphatic carbocycles. The highest BCUT2D eigenvalue weighted by molar-refractivity contribution is 5.92. The molecule has 184 valence electrons. The fourth-order valence-electron chi connectivity index (χ4n) is 3.91. The minimum absolute atomic E-state index is 0.135. The lowest BCUT2D eigenvalue weighted by Gasteiger charge is -2.26. The van der Waals surface area contributed by atoms with Crippen LogP contribution in [-0.2, 0) is 9.47 Å². The smallest absolute Gasteiger partial charge is 0.188 e. The fraction of sp³-hybridized carbons (Fsp3) is 0.360. The number of fused-ring (bicyclic) bond motifs is 1. The van der Waals surface area contributed by atoms with Crippen LogP contribution in [0.5, 0.6) is 11.5 Å². The van der Waals surface area contributed by atoms with E-state index < -0.39 is 5.82 Å². The quantitative estimate of drug-likeness (QED) is 0.342. The highest BCUT2D eigenvalue weighted by Crippen LogP contribution is 2.33. The highest BCUT2D eigenvalue weighted by Gasteiger charge is 2.18. The molecule has 4 aromatic rings. The molecular formula is C25H27FN4O5. The molecule has 9 nitrogen and oxygen atoms in total. The van der Waals surface area contributed by atoms with Gasteiger partial charge in [-0.1, -0.05) is 5.16 Å². The predicted molar refractivity (Wildman–Crippen MR) is 127 cm³/mol. The van der Waals surface area contributed by atoms with Crippen LogP contribution in [0.3, 0.4) is 0 Å². The molecule has 3 heterocycles. The van der Waals surface area contributed by atoms with Gasteiger partial charge in [-0.15, -0.1) is 0 Å².